The third kappa shape index (κ3) is 4.87. The van der Waals surface area contributed by atoms with E-state index in [1.54, 1.807) is 12.1 Å². The summed E-state index contributed by atoms with van der Waals surface area (Å²) in [6.45, 7) is 4.84. The number of rotatable bonds is 6. The maximum Gasteiger partial charge on any atom is 0.327 e. The first-order chi connectivity index (χ1) is 10.2. The number of hydrogen-bond acceptors (Lipinski definition) is 4. The van der Waals surface area contributed by atoms with Gasteiger partial charge in [-0.3, -0.25) is 14.5 Å². The van der Waals surface area contributed by atoms with Crippen LogP contribution in [0.15, 0.2) is 24.3 Å². The lowest BCUT2D eigenvalue weighted by Gasteiger charge is -2.27. The third-order valence-corrected chi connectivity index (χ3v) is 3.15. The smallest absolute Gasteiger partial charge is 0.327 e. The van der Waals surface area contributed by atoms with Crippen molar-refractivity contribution in [2.45, 2.75) is 39.7 Å². The molecule has 2 N–H and O–H groups in total. The number of aromatic hydroxyl groups is 1. The van der Waals surface area contributed by atoms with Gasteiger partial charge in [-0.05, 0) is 23.6 Å². The maximum atomic E-state index is 12.2. The summed E-state index contributed by atoms with van der Waals surface area (Å²) in [5.41, 5.74) is 0.619. The highest BCUT2D eigenvalue weighted by molar-refractivity contribution is 5.98. The van der Waals surface area contributed by atoms with Gasteiger partial charge in [-0.1, -0.05) is 26.0 Å². The zero-order valence-corrected chi connectivity index (χ0v) is 12.9. The molecule has 0 aliphatic rings. The van der Waals surface area contributed by atoms with Crippen molar-refractivity contribution in [3.8, 4) is 5.75 Å². The Bertz CT molecular complexity index is 550. The summed E-state index contributed by atoms with van der Waals surface area (Å²) in [4.78, 5) is 36.3. The first-order valence-electron chi connectivity index (χ1n) is 7.05. The topological polar surface area (TPSA) is 94.9 Å². The summed E-state index contributed by atoms with van der Waals surface area (Å²) in [7, 11) is 0. The number of aliphatic carboxylic acids is 1. The number of phenolic OH excluding ortho intramolecular Hbond substituents is 1. The summed E-state index contributed by atoms with van der Waals surface area (Å²) in [5.74, 6) is -2.22. The summed E-state index contributed by atoms with van der Waals surface area (Å²) in [5, 5.41) is 18.6. The molecule has 0 saturated carbocycles. The van der Waals surface area contributed by atoms with Crippen molar-refractivity contribution in [3.05, 3.63) is 29.8 Å². The molecule has 0 aromatic heterocycles. The van der Waals surface area contributed by atoms with Gasteiger partial charge in [0.05, 0.1) is 0 Å². The van der Waals surface area contributed by atoms with Gasteiger partial charge in [-0.15, -0.1) is 0 Å². The maximum absolute atomic E-state index is 12.2. The Morgan fingerprint density at radius 1 is 1.14 bits per heavy atom. The summed E-state index contributed by atoms with van der Waals surface area (Å²) < 4.78 is 0. The number of nitrogens with zero attached hydrogens (tertiary/aromatic N) is 1. The molecule has 0 fully saturated rings. The number of phenols is 1. The predicted molar refractivity (Wildman–Crippen MR) is 80.2 cm³/mol. The van der Waals surface area contributed by atoms with Crippen LogP contribution in [-0.2, 0) is 20.8 Å². The number of carboxylic acids is 1. The van der Waals surface area contributed by atoms with Gasteiger partial charge in [-0.25, -0.2) is 4.79 Å². The van der Waals surface area contributed by atoms with Gasteiger partial charge >= 0.3 is 5.97 Å². The van der Waals surface area contributed by atoms with Crippen molar-refractivity contribution in [2.75, 3.05) is 0 Å². The largest absolute Gasteiger partial charge is 0.508 e. The van der Waals surface area contributed by atoms with E-state index in [1.165, 1.54) is 19.1 Å². The molecule has 1 aromatic carbocycles. The van der Waals surface area contributed by atoms with E-state index in [-0.39, 0.29) is 24.5 Å². The van der Waals surface area contributed by atoms with Crippen molar-refractivity contribution in [2.24, 2.45) is 5.92 Å². The van der Waals surface area contributed by atoms with E-state index in [1.807, 2.05) is 13.8 Å². The van der Waals surface area contributed by atoms with E-state index in [9.17, 15) is 24.6 Å². The lowest BCUT2D eigenvalue weighted by molar-refractivity contribution is -0.157. The third-order valence-electron chi connectivity index (χ3n) is 3.15. The SMILES string of the molecule is CC(=O)N(C(=O)CC(C)C)C(Cc1ccc(O)cc1)C(=O)O. The highest BCUT2D eigenvalue weighted by atomic mass is 16.4. The van der Waals surface area contributed by atoms with E-state index < -0.39 is 23.8 Å². The highest BCUT2D eigenvalue weighted by Gasteiger charge is 2.33. The van der Waals surface area contributed by atoms with Crippen LogP contribution in [-0.4, -0.2) is 38.9 Å². The minimum absolute atomic E-state index is 0.000964. The fraction of sp³-hybridized carbons (Fsp3) is 0.438. The molecule has 1 aromatic rings. The van der Waals surface area contributed by atoms with Crippen molar-refractivity contribution >= 4 is 17.8 Å². The number of hydrogen-bond donors (Lipinski definition) is 2. The quantitative estimate of drug-likeness (QED) is 0.835. The molecule has 1 unspecified atom stereocenters. The van der Waals surface area contributed by atoms with Crippen LogP contribution in [0.4, 0.5) is 0 Å². The van der Waals surface area contributed by atoms with Gasteiger partial charge in [0.1, 0.15) is 11.8 Å². The Hall–Kier alpha value is -2.37. The van der Waals surface area contributed by atoms with E-state index >= 15 is 0 Å². The molecule has 2 amide bonds. The second-order valence-corrected chi connectivity index (χ2v) is 5.61. The lowest BCUT2D eigenvalue weighted by atomic mass is 10.0. The fourth-order valence-electron chi connectivity index (χ4n) is 2.16. The molecule has 6 heteroatoms. The molecular weight excluding hydrogens is 286 g/mol. The van der Waals surface area contributed by atoms with Gasteiger partial charge < -0.3 is 10.2 Å². The van der Waals surface area contributed by atoms with Gasteiger partial charge in [0.2, 0.25) is 11.8 Å². The van der Waals surface area contributed by atoms with Crippen molar-refractivity contribution in [1.29, 1.82) is 0 Å². The average Bonchev–Trinajstić information content (AvgIpc) is 2.38. The van der Waals surface area contributed by atoms with Crippen molar-refractivity contribution in [3.63, 3.8) is 0 Å². The molecule has 0 saturated heterocycles. The monoisotopic (exact) mass is 307 g/mol. The number of carbonyl (C=O) groups excluding carboxylic acids is 2. The number of benzene rings is 1. The number of carbonyl (C=O) groups is 3. The Morgan fingerprint density at radius 3 is 2.09 bits per heavy atom. The Labute approximate surface area is 129 Å². The normalized spacial score (nSPS) is 12.0. The molecule has 6 nitrogen and oxygen atoms in total. The van der Waals surface area contributed by atoms with Crippen LogP contribution in [0.5, 0.6) is 5.75 Å². The average molecular weight is 307 g/mol. The molecule has 1 rings (SSSR count). The first-order valence-corrected chi connectivity index (χ1v) is 7.05. The second kappa shape index (κ2) is 7.59. The Morgan fingerprint density at radius 2 is 1.68 bits per heavy atom. The standard InChI is InChI=1S/C16H21NO5/c1-10(2)8-15(20)17(11(3)18)14(16(21)22)9-12-4-6-13(19)7-5-12/h4-7,10,14,19H,8-9H2,1-3H3,(H,21,22). The predicted octanol–water partition coefficient (Wildman–Crippen LogP) is 1.81. The van der Waals surface area contributed by atoms with Gasteiger partial charge in [0.25, 0.3) is 0 Å². The number of amides is 2. The van der Waals surface area contributed by atoms with E-state index in [0.29, 0.717) is 5.56 Å². The minimum Gasteiger partial charge on any atom is -0.508 e. The van der Waals surface area contributed by atoms with E-state index in [2.05, 4.69) is 0 Å². The molecule has 22 heavy (non-hydrogen) atoms. The molecule has 0 bridgehead atoms. The van der Waals surface area contributed by atoms with Crippen LogP contribution in [0.25, 0.3) is 0 Å². The van der Waals surface area contributed by atoms with Crippen LogP contribution < -0.4 is 0 Å². The lowest BCUT2D eigenvalue weighted by Crippen LogP contribution is -2.49. The zero-order valence-electron chi connectivity index (χ0n) is 12.9. The molecule has 0 radical (unpaired) electrons. The summed E-state index contributed by atoms with van der Waals surface area (Å²) in [6, 6.07) is 4.74. The first kappa shape index (κ1) is 17.7. The minimum atomic E-state index is -1.26. The van der Waals surface area contributed by atoms with Gasteiger partial charge in [0, 0.05) is 19.8 Å². The van der Waals surface area contributed by atoms with Gasteiger partial charge in [0.15, 0.2) is 0 Å². The molecule has 0 heterocycles. The number of carboxylic acid groups (broad SMARTS) is 1. The van der Waals surface area contributed by atoms with E-state index in [0.717, 1.165) is 4.90 Å². The van der Waals surface area contributed by atoms with Gasteiger partial charge in [-0.2, -0.15) is 0 Å². The summed E-state index contributed by atoms with van der Waals surface area (Å²) >= 11 is 0. The molecule has 0 aliphatic heterocycles. The fourth-order valence-corrected chi connectivity index (χ4v) is 2.16. The molecular formula is C16H21NO5. The van der Waals surface area contributed by atoms with Crippen LogP contribution in [0.1, 0.15) is 32.8 Å². The summed E-state index contributed by atoms with van der Waals surface area (Å²) in [6.07, 6.45) is 0.109. The van der Waals surface area contributed by atoms with Crippen LogP contribution in [0, 0.1) is 5.92 Å². The second-order valence-electron chi connectivity index (χ2n) is 5.61. The molecule has 120 valence electrons. The van der Waals surface area contributed by atoms with E-state index in [4.69, 9.17) is 0 Å². The number of imide groups is 1. The Balaban J connectivity index is 3.03. The molecule has 0 spiro atoms. The van der Waals surface area contributed by atoms with Crippen LogP contribution in [0.3, 0.4) is 0 Å². The Kier molecular flexibility index (Phi) is 6.10. The molecule has 0 aliphatic carbocycles. The van der Waals surface area contributed by atoms with Crippen molar-refractivity contribution < 1.29 is 24.6 Å². The van der Waals surface area contributed by atoms with Crippen molar-refractivity contribution in [1.82, 2.24) is 4.90 Å². The highest BCUT2D eigenvalue weighted by Crippen LogP contribution is 2.16. The molecule has 1 atom stereocenters. The van der Waals surface area contributed by atoms with Crippen LogP contribution in [0.2, 0.25) is 0 Å². The zero-order chi connectivity index (χ0) is 16.9. The van der Waals surface area contributed by atoms with Crippen LogP contribution >= 0.6 is 0 Å².